The maximum atomic E-state index is 14.1. The van der Waals surface area contributed by atoms with Crippen molar-refractivity contribution in [3.8, 4) is 0 Å². The van der Waals surface area contributed by atoms with E-state index in [-0.39, 0.29) is 11.6 Å². The number of anilines is 1. The van der Waals surface area contributed by atoms with Gasteiger partial charge in [0.05, 0.1) is 11.8 Å². The number of aryl methyl sites for hydroxylation is 1. The van der Waals surface area contributed by atoms with Crippen molar-refractivity contribution in [2.24, 2.45) is 0 Å². The lowest BCUT2D eigenvalue weighted by atomic mass is 9.95. The summed E-state index contributed by atoms with van der Waals surface area (Å²) in [6, 6.07) is 12.7. The van der Waals surface area contributed by atoms with Crippen LogP contribution >= 0.6 is 0 Å². The number of hydrogen-bond acceptors (Lipinski definition) is 2. The summed E-state index contributed by atoms with van der Waals surface area (Å²) in [5.41, 5.74) is 2.54. The molecule has 1 aliphatic rings. The molecule has 1 amide bonds. The van der Waals surface area contributed by atoms with Crippen LogP contribution in [-0.4, -0.2) is 11.0 Å². The van der Waals surface area contributed by atoms with Crippen molar-refractivity contribution in [1.29, 1.82) is 0 Å². The van der Waals surface area contributed by atoms with E-state index in [9.17, 15) is 14.3 Å². The fraction of sp³-hybridized carbons (Fsp3) is 0.235. The van der Waals surface area contributed by atoms with E-state index in [1.165, 1.54) is 6.07 Å². The van der Waals surface area contributed by atoms with Crippen LogP contribution in [0.2, 0.25) is 0 Å². The topological polar surface area (TPSA) is 49.3 Å². The van der Waals surface area contributed by atoms with Crippen LogP contribution in [0.5, 0.6) is 0 Å². The second-order valence-electron chi connectivity index (χ2n) is 5.29. The summed E-state index contributed by atoms with van der Waals surface area (Å²) in [5, 5.41) is 12.8. The number of carbonyl (C=O) groups excluding carboxylic acids is 1. The quantitative estimate of drug-likeness (QED) is 0.911. The minimum absolute atomic E-state index is 0.168. The Balaban J connectivity index is 1.86. The van der Waals surface area contributed by atoms with Crippen LogP contribution in [0, 0.1) is 5.82 Å². The van der Waals surface area contributed by atoms with Crippen molar-refractivity contribution in [1.82, 2.24) is 0 Å². The van der Waals surface area contributed by atoms with Crippen LogP contribution in [0.4, 0.5) is 10.1 Å². The highest BCUT2D eigenvalue weighted by molar-refractivity contribution is 5.94. The zero-order valence-corrected chi connectivity index (χ0v) is 11.5. The summed E-state index contributed by atoms with van der Waals surface area (Å²) >= 11 is 0. The molecule has 3 nitrogen and oxygen atoms in total. The predicted octanol–water partition coefficient (Wildman–Crippen LogP) is 2.99. The molecule has 1 heterocycles. The first-order valence-electron chi connectivity index (χ1n) is 6.97. The van der Waals surface area contributed by atoms with Gasteiger partial charge in [-0.2, -0.15) is 0 Å². The summed E-state index contributed by atoms with van der Waals surface area (Å²) in [4.78, 5) is 11.3. The van der Waals surface area contributed by atoms with Gasteiger partial charge in [0, 0.05) is 12.8 Å². The van der Waals surface area contributed by atoms with Gasteiger partial charge < -0.3 is 10.4 Å². The molecule has 3 rings (SSSR count). The first-order chi connectivity index (χ1) is 10.1. The Labute approximate surface area is 122 Å². The van der Waals surface area contributed by atoms with Gasteiger partial charge in [-0.1, -0.05) is 36.4 Å². The van der Waals surface area contributed by atoms with E-state index < -0.39 is 11.9 Å². The molecule has 1 aliphatic heterocycles. The third-order valence-corrected chi connectivity index (χ3v) is 3.74. The molecule has 2 aromatic rings. The van der Waals surface area contributed by atoms with Crippen LogP contribution in [0.15, 0.2) is 42.5 Å². The second-order valence-corrected chi connectivity index (χ2v) is 5.29. The highest BCUT2D eigenvalue weighted by Crippen LogP contribution is 2.30. The molecule has 108 valence electrons. The Morgan fingerprint density at radius 3 is 2.71 bits per heavy atom. The van der Waals surface area contributed by atoms with Gasteiger partial charge >= 0.3 is 0 Å². The summed E-state index contributed by atoms with van der Waals surface area (Å²) in [6.45, 7) is 0. The van der Waals surface area contributed by atoms with Gasteiger partial charge in [-0.25, -0.2) is 4.39 Å². The number of nitrogens with one attached hydrogen (secondary N) is 1. The first kappa shape index (κ1) is 13.8. The minimum Gasteiger partial charge on any atom is -0.388 e. The third-order valence-electron chi connectivity index (χ3n) is 3.74. The highest BCUT2D eigenvalue weighted by Gasteiger charge is 2.21. The normalized spacial score (nSPS) is 15.2. The molecule has 0 bridgehead atoms. The molecule has 0 aliphatic carbocycles. The van der Waals surface area contributed by atoms with Crippen LogP contribution in [-0.2, 0) is 17.6 Å². The minimum atomic E-state index is -0.759. The number of carbonyl (C=O) groups is 1. The monoisotopic (exact) mass is 285 g/mol. The molecule has 2 N–H and O–H groups in total. The van der Waals surface area contributed by atoms with Gasteiger partial charge in [0.15, 0.2) is 0 Å². The largest absolute Gasteiger partial charge is 0.388 e. The second kappa shape index (κ2) is 5.66. The van der Waals surface area contributed by atoms with Crippen molar-refractivity contribution < 1.29 is 14.3 Å². The fourth-order valence-corrected chi connectivity index (χ4v) is 2.62. The van der Waals surface area contributed by atoms with Gasteiger partial charge in [-0.3, -0.25) is 4.79 Å². The van der Waals surface area contributed by atoms with Crippen LogP contribution < -0.4 is 5.32 Å². The zero-order chi connectivity index (χ0) is 14.8. The summed E-state index contributed by atoms with van der Waals surface area (Å²) in [6.07, 6.45) is 0.532. The number of rotatable bonds is 3. The van der Waals surface area contributed by atoms with Crippen molar-refractivity contribution in [2.45, 2.75) is 25.4 Å². The molecular formula is C17H16FNO2. The smallest absolute Gasteiger partial charge is 0.224 e. The molecule has 2 aromatic carbocycles. The average Bonchev–Trinajstić information content (AvgIpc) is 2.49. The summed E-state index contributed by atoms with van der Waals surface area (Å²) < 4.78 is 14.1. The standard InChI is InChI=1S/C17H16FNO2/c18-14-10-13(9-12-6-7-16(21)19-17(12)14)15(20)8-11-4-2-1-3-5-11/h1-5,9-10,15,20H,6-8H2,(H,19,21). The third kappa shape index (κ3) is 2.95. The fourth-order valence-electron chi connectivity index (χ4n) is 2.62. The number of benzene rings is 2. The molecule has 1 unspecified atom stereocenters. The number of amides is 1. The lowest BCUT2D eigenvalue weighted by molar-refractivity contribution is -0.116. The van der Waals surface area contributed by atoms with Gasteiger partial charge in [-0.15, -0.1) is 0 Å². The summed E-state index contributed by atoms with van der Waals surface area (Å²) in [7, 11) is 0. The Kier molecular flexibility index (Phi) is 3.71. The van der Waals surface area contributed by atoms with E-state index in [1.807, 2.05) is 30.3 Å². The summed E-state index contributed by atoms with van der Waals surface area (Å²) in [5.74, 6) is -0.651. The van der Waals surface area contributed by atoms with Crippen molar-refractivity contribution in [3.05, 3.63) is 65.0 Å². The predicted molar refractivity (Wildman–Crippen MR) is 78.5 cm³/mol. The number of halogens is 1. The van der Waals surface area contributed by atoms with Gasteiger partial charge in [0.1, 0.15) is 5.82 Å². The van der Waals surface area contributed by atoms with Gasteiger partial charge in [-0.05, 0) is 29.2 Å². The molecule has 0 aromatic heterocycles. The van der Waals surface area contributed by atoms with E-state index >= 15 is 0 Å². The Morgan fingerprint density at radius 1 is 1.19 bits per heavy atom. The van der Waals surface area contributed by atoms with E-state index in [1.54, 1.807) is 6.07 Å². The SMILES string of the molecule is O=C1CCc2cc(C(O)Cc3ccccc3)cc(F)c2N1. The zero-order valence-electron chi connectivity index (χ0n) is 11.5. The number of fused-ring (bicyclic) bond motifs is 1. The lowest BCUT2D eigenvalue weighted by Crippen LogP contribution is -2.20. The first-order valence-corrected chi connectivity index (χ1v) is 6.97. The highest BCUT2D eigenvalue weighted by atomic mass is 19.1. The number of aliphatic hydroxyl groups excluding tert-OH is 1. The van der Waals surface area contributed by atoms with E-state index in [2.05, 4.69) is 5.32 Å². The van der Waals surface area contributed by atoms with Gasteiger partial charge in [0.2, 0.25) is 5.91 Å². The van der Waals surface area contributed by atoms with Crippen molar-refractivity contribution >= 4 is 11.6 Å². The molecule has 0 fully saturated rings. The molecule has 0 saturated carbocycles. The van der Waals surface area contributed by atoms with E-state index in [0.29, 0.717) is 24.8 Å². The molecule has 21 heavy (non-hydrogen) atoms. The Hall–Kier alpha value is -2.20. The Bertz CT molecular complexity index is 670. The molecule has 0 spiro atoms. The Morgan fingerprint density at radius 2 is 1.95 bits per heavy atom. The van der Waals surface area contributed by atoms with E-state index in [4.69, 9.17) is 0 Å². The van der Waals surface area contributed by atoms with Crippen molar-refractivity contribution in [2.75, 3.05) is 5.32 Å². The maximum absolute atomic E-state index is 14.1. The number of hydrogen-bond donors (Lipinski definition) is 2. The van der Waals surface area contributed by atoms with Crippen LogP contribution in [0.1, 0.15) is 29.2 Å². The lowest BCUT2D eigenvalue weighted by Gasteiger charge is -2.20. The van der Waals surface area contributed by atoms with Crippen LogP contribution in [0.25, 0.3) is 0 Å². The maximum Gasteiger partial charge on any atom is 0.224 e. The number of aliphatic hydroxyl groups is 1. The molecule has 1 atom stereocenters. The van der Waals surface area contributed by atoms with Gasteiger partial charge in [0.25, 0.3) is 0 Å². The van der Waals surface area contributed by atoms with E-state index in [0.717, 1.165) is 11.1 Å². The van der Waals surface area contributed by atoms with Crippen LogP contribution in [0.3, 0.4) is 0 Å². The van der Waals surface area contributed by atoms with Crippen molar-refractivity contribution in [3.63, 3.8) is 0 Å². The molecule has 0 saturated heterocycles. The molecular weight excluding hydrogens is 269 g/mol. The molecule has 0 radical (unpaired) electrons. The average molecular weight is 285 g/mol. The molecule has 4 heteroatoms.